The highest BCUT2D eigenvalue weighted by atomic mass is 35.5. The Kier molecular flexibility index (Phi) is 6.20. The number of hydrogen-bond acceptors (Lipinski definition) is 4. The van der Waals surface area contributed by atoms with E-state index in [1.54, 1.807) is 11.3 Å². The van der Waals surface area contributed by atoms with Gasteiger partial charge in [0.2, 0.25) is 0 Å². The number of carbonyl (C=O) groups is 1. The fourth-order valence-corrected chi connectivity index (χ4v) is 5.56. The van der Waals surface area contributed by atoms with Crippen molar-refractivity contribution in [1.82, 2.24) is 15.2 Å². The Morgan fingerprint density at radius 1 is 0.939 bits per heavy atom. The van der Waals surface area contributed by atoms with Crippen LogP contribution in [0.3, 0.4) is 0 Å². The fourth-order valence-electron chi connectivity index (χ4n) is 4.19. The lowest BCUT2D eigenvalue weighted by atomic mass is 9.99. The zero-order valence-corrected chi connectivity index (χ0v) is 19.9. The van der Waals surface area contributed by atoms with E-state index in [9.17, 15) is 4.79 Å². The van der Waals surface area contributed by atoms with Crippen molar-refractivity contribution in [2.75, 3.05) is 31.1 Å². The van der Waals surface area contributed by atoms with Gasteiger partial charge in [0.25, 0.3) is 0 Å². The minimum Gasteiger partial charge on any atom is -0.345 e. The van der Waals surface area contributed by atoms with Gasteiger partial charge in [-0.15, -0.1) is 0 Å². The van der Waals surface area contributed by atoms with Gasteiger partial charge in [0.15, 0.2) is 5.13 Å². The van der Waals surface area contributed by atoms with Crippen molar-refractivity contribution in [2.45, 2.75) is 13.0 Å². The van der Waals surface area contributed by atoms with Crippen molar-refractivity contribution in [2.24, 2.45) is 0 Å². The molecule has 2 heterocycles. The van der Waals surface area contributed by atoms with E-state index in [-0.39, 0.29) is 12.1 Å². The predicted molar refractivity (Wildman–Crippen MR) is 136 cm³/mol. The van der Waals surface area contributed by atoms with Crippen molar-refractivity contribution in [3.05, 3.63) is 94.5 Å². The minimum absolute atomic E-state index is 0.0458. The molecular weight excluding hydrogens is 452 g/mol. The highest BCUT2D eigenvalue weighted by molar-refractivity contribution is 7.22. The number of aryl methyl sites for hydroxylation is 1. The van der Waals surface area contributed by atoms with Gasteiger partial charge in [-0.05, 0) is 29.7 Å². The van der Waals surface area contributed by atoms with Crippen LogP contribution >= 0.6 is 22.9 Å². The number of fused-ring (bicyclic) bond motifs is 1. The van der Waals surface area contributed by atoms with Crippen LogP contribution in [0.15, 0.2) is 72.8 Å². The van der Waals surface area contributed by atoms with Crippen LogP contribution in [-0.2, 0) is 0 Å². The summed E-state index contributed by atoms with van der Waals surface area (Å²) < 4.78 is 1.03. The number of amides is 2. The molecule has 7 heteroatoms. The molecule has 0 bridgehead atoms. The summed E-state index contributed by atoms with van der Waals surface area (Å²) in [5, 5.41) is 4.95. The van der Waals surface area contributed by atoms with Gasteiger partial charge in [0.1, 0.15) is 0 Å². The molecule has 0 radical (unpaired) electrons. The van der Waals surface area contributed by atoms with Crippen molar-refractivity contribution >= 4 is 44.3 Å². The van der Waals surface area contributed by atoms with E-state index in [1.807, 2.05) is 53.4 Å². The van der Waals surface area contributed by atoms with Crippen LogP contribution < -0.4 is 10.2 Å². The molecule has 3 aromatic carbocycles. The number of piperazine rings is 1. The molecule has 5 rings (SSSR count). The van der Waals surface area contributed by atoms with Crippen LogP contribution in [0.1, 0.15) is 22.7 Å². The van der Waals surface area contributed by atoms with Gasteiger partial charge in [-0.25, -0.2) is 9.78 Å². The summed E-state index contributed by atoms with van der Waals surface area (Å²) in [5.74, 6) is 0. The summed E-state index contributed by atoms with van der Waals surface area (Å²) in [6.07, 6.45) is 0. The maximum Gasteiger partial charge on any atom is 0.318 e. The van der Waals surface area contributed by atoms with Crippen LogP contribution in [0.5, 0.6) is 0 Å². The molecule has 1 saturated heterocycles. The Labute approximate surface area is 202 Å². The third-order valence-corrected chi connectivity index (χ3v) is 7.63. The van der Waals surface area contributed by atoms with Crippen molar-refractivity contribution in [3.8, 4) is 0 Å². The molecule has 168 valence electrons. The van der Waals surface area contributed by atoms with Gasteiger partial charge < -0.3 is 15.1 Å². The van der Waals surface area contributed by atoms with E-state index >= 15 is 0 Å². The fraction of sp³-hybridized carbons (Fsp3) is 0.231. The first kappa shape index (κ1) is 21.7. The summed E-state index contributed by atoms with van der Waals surface area (Å²) in [7, 11) is 0. The second-order valence-corrected chi connectivity index (χ2v) is 9.60. The quantitative estimate of drug-likeness (QED) is 0.400. The van der Waals surface area contributed by atoms with Crippen LogP contribution in [0, 0.1) is 6.92 Å². The van der Waals surface area contributed by atoms with Crippen LogP contribution in [0.25, 0.3) is 10.2 Å². The zero-order chi connectivity index (χ0) is 22.8. The molecule has 1 aliphatic heterocycles. The maximum absolute atomic E-state index is 13.2. The molecule has 1 aliphatic rings. The summed E-state index contributed by atoms with van der Waals surface area (Å²) in [6.45, 7) is 4.83. The zero-order valence-electron chi connectivity index (χ0n) is 18.4. The average molecular weight is 477 g/mol. The minimum atomic E-state index is -0.188. The molecule has 1 aromatic heterocycles. The topological polar surface area (TPSA) is 48.5 Å². The Bertz CT molecular complexity index is 1180. The number of carbonyl (C=O) groups excluding carboxylic acids is 1. The van der Waals surface area contributed by atoms with Gasteiger partial charge in [0.05, 0.1) is 21.3 Å². The molecule has 1 fully saturated rings. The third kappa shape index (κ3) is 4.54. The largest absolute Gasteiger partial charge is 0.345 e. The second-order valence-electron chi connectivity index (χ2n) is 8.22. The number of nitrogens with zero attached hydrogens (tertiary/aromatic N) is 3. The molecular formula is C26H25ClN4OS. The Morgan fingerprint density at radius 3 is 2.12 bits per heavy atom. The standard InChI is InChI=1S/C26H25ClN4OS/c1-18-12-13-21(27)24-22(18)29-26(33-24)31-16-14-30(15-17-31)25(32)28-23(19-8-4-2-5-9-19)20-10-6-3-7-11-20/h2-13,23H,14-17H2,1H3,(H,28,32). The molecule has 2 amide bonds. The van der Waals surface area contributed by atoms with Crippen molar-refractivity contribution in [1.29, 1.82) is 0 Å². The highest BCUT2D eigenvalue weighted by Gasteiger charge is 2.26. The lowest BCUT2D eigenvalue weighted by molar-refractivity contribution is 0.192. The second kappa shape index (κ2) is 9.41. The normalized spacial score (nSPS) is 14.2. The number of urea groups is 1. The highest BCUT2D eigenvalue weighted by Crippen LogP contribution is 2.36. The number of hydrogen-bond donors (Lipinski definition) is 1. The van der Waals surface area contributed by atoms with E-state index in [1.165, 1.54) is 0 Å². The van der Waals surface area contributed by atoms with E-state index in [2.05, 4.69) is 41.4 Å². The van der Waals surface area contributed by atoms with Gasteiger partial charge in [-0.1, -0.05) is 89.7 Å². The third-order valence-electron chi connectivity index (χ3n) is 6.06. The number of rotatable bonds is 4. The van der Waals surface area contributed by atoms with Crippen LogP contribution in [0.2, 0.25) is 5.02 Å². The van der Waals surface area contributed by atoms with Crippen molar-refractivity contribution < 1.29 is 4.79 Å². The molecule has 0 spiro atoms. The molecule has 0 atom stereocenters. The van der Waals surface area contributed by atoms with E-state index < -0.39 is 0 Å². The van der Waals surface area contributed by atoms with Crippen LogP contribution in [-0.4, -0.2) is 42.1 Å². The number of halogens is 1. The van der Waals surface area contributed by atoms with Gasteiger partial charge in [-0.2, -0.15) is 0 Å². The molecule has 0 aliphatic carbocycles. The van der Waals surface area contributed by atoms with Gasteiger partial charge in [-0.3, -0.25) is 0 Å². The number of anilines is 1. The van der Waals surface area contributed by atoms with E-state index in [4.69, 9.17) is 16.6 Å². The monoisotopic (exact) mass is 476 g/mol. The predicted octanol–water partition coefficient (Wildman–Crippen LogP) is 5.88. The number of aromatic nitrogens is 1. The summed E-state index contributed by atoms with van der Waals surface area (Å²) >= 11 is 8.01. The van der Waals surface area contributed by atoms with E-state index in [0.29, 0.717) is 13.1 Å². The Balaban J connectivity index is 1.28. The summed E-state index contributed by atoms with van der Waals surface area (Å²) in [4.78, 5) is 22.2. The average Bonchev–Trinajstić information content (AvgIpc) is 3.33. The molecule has 0 unspecified atom stereocenters. The summed E-state index contributed by atoms with van der Waals surface area (Å²) in [6, 6.07) is 23.9. The molecule has 5 nitrogen and oxygen atoms in total. The molecule has 4 aromatic rings. The lowest BCUT2D eigenvalue weighted by Crippen LogP contribution is -2.52. The maximum atomic E-state index is 13.2. The Hall–Kier alpha value is -3.09. The Morgan fingerprint density at radius 2 is 1.55 bits per heavy atom. The van der Waals surface area contributed by atoms with Crippen molar-refractivity contribution in [3.63, 3.8) is 0 Å². The van der Waals surface area contributed by atoms with Gasteiger partial charge >= 0.3 is 6.03 Å². The van der Waals surface area contributed by atoms with Gasteiger partial charge in [0, 0.05) is 26.2 Å². The first-order valence-corrected chi connectivity index (χ1v) is 12.3. The molecule has 33 heavy (non-hydrogen) atoms. The van der Waals surface area contributed by atoms with E-state index in [0.717, 1.165) is 50.2 Å². The molecule has 1 N–H and O–H groups in total. The smallest absolute Gasteiger partial charge is 0.318 e. The first-order valence-electron chi connectivity index (χ1n) is 11.1. The first-order chi connectivity index (χ1) is 16.1. The van der Waals surface area contributed by atoms with Crippen LogP contribution in [0.4, 0.5) is 9.93 Å². The lowest BCUT2D eigenvalue weighted by Gasteiger charge is -2.35. The number of thiazole rings is 1. The SMILES string of the molecule is Cc1ccc(Cl)c2sc(N3CCN(C(=O)NC(c4ccccc4)c4ccccc4)CC3)nc12. The molecule has 0 saturated carbocycles. The number of benzene rings is 3. The summed E-state index contributed by atoms with van der Waals surface area (Å²) in [5.41, 5.74) is 4.23. The number of nitrogens with one attached hydrogen (secondary N) is 1.